The minimum Gasteiger partial charge on any atom is -0.348 e. The highest BCUT2D eigenvalue weighted by Gasteiger charge is 2.32. The molecule has 7 nitrogen and oxygen atoms in total. The van der Waals surface area contributed by atoms with E-state index in [1.807, 2.05) is 6.92 Å². The zero-order valence-corrected chi connectivity index (χ0v) is 17.1. The van der Waals surface area contributed by atoms with Gasteiger partial charge < -0.3 is 11.1 Å². The highest BCUT2D eigenvalue weighted by atomic mass is 35.5. The molecule has 0 saturated carbocycles. The molecule has 146 valence electrons. The molecule has 1 aliphatic heterocycles. The van der Waals surface area contributed by atoms with Crippen molar-refractivity contribution in [3.05, 3.63) is 29.8 Å². The highest BCUT2D eigenvalue weighted by molar-refractivity contribution is 7.90. The van der Waals surface area contributed by atoms with E-state index in [9.17, 15) is 13.2 Å². The Morgan fingerprint density at radius 3 is 2.50 bits per heavy atom. The predicted molar refractivity (Wildman–Crippen MR) is 105 cm³/mol. The van der Waals surface area contributed by atoms with Crippen LogP contribution in [0.4, 0.5) is 0 Å². The SMILES string of the molecule is CC(C)CC(C)(CN)NC(=O)C(C)N=C1NS(=O)(=O)c2ccccc21.Cl. The fourth-order valence-electron chi connectivity index (χ4n) is 2.97. The van der Waals surface area contributed by atoms with Gasteiger partial charge in [-0.05, 0) is 38.3 Å². The zero-order chi connectivity index (χ0) is 18.8. The molecule has 26 heavy (non-hydrogen) atoms. The van der Waals surface area contributed by atoms with Crippen LogP contribution in [-0.4, -0.2) is 38.3 Å². The Hall–Kier alpha value is -1.64. The normalized spacial score (nSPS) is 19.8. The van der Waals surface area contributed by atoms with Gasteiger partial charge in [-0.25, -0.2) is 8.42 Å². The lowest BCUT2D eigenvalue weighted by Gasteiger charge is -2.32. The number of nitrogens with one attached hydrogen (secondary N) is 2. The molecule has 0 aliphatic carbocycles. The van der Waals surface area contributed by atoms with Crippen LogP contribution in [0.15, 0.2) is 34.2 Å². The molecular formula is C17H27ClN4O3S. The molecule has 1 aromatic carbocycles. The third-order valence-electron chi connectivity index (χ3n) is 4.10. The maximum Gasteiger partial charge on any atom is 0.263 e. The van der Waals surface area contributed by atoms with Crippen LogP contribution in [0, 0.1) is 5.92 Å². The molecule has 2 unspecified atom stereocenters. The Morgan fingerprint density at radius 2 is 1.92 bits per heavy atom. The van der Waals surface area contributed by atoms with Crippen LogP contribution in [0.1, 0.15) is 39.7 Å². The van der Waals surface area contributed by atoms with Gasteiger partial charge in [-0.15, -0.1) is 12.4 Å². The summed E-state index contributed by atoms with van der Waals surface area (Å²) in [7, 11) is -3.61. The molecule has 9 heteroatoms. The number of aliphatic imine (C=N–C) groups is 1. The first-order valence-corrected chi connectivity index (χ1v) is 9.78. The third-order valence-corrected chi connectivity index (χ3v) is 5.50. The number of amides is 1. The summed E-state index contributed by atoms with van der Waals surface area (Å²) in [5, 5.41) is 2.94. The topological polar surface area (TPSA) is 114 Å². The van der Waals surface area contributed by atoms with Crippen molar-refractivity contribution in [3.63, 3.8) is 0 Å². The van der Waals surface area contributed by atoms with E-state index in [0.717, 1.165) is 6.42 Å². The maximum absolute atomic E-state index is 12.5. The number of sulfonamides is 1. The van der Waals surface area contributed by atoms with Crippen molar-refractivity contribution >= 4 is 34.2 Å². The molecule has 0 spiro atoms. The number of fused-ring (bicyclic) bond motifs is 1. The molecule has 1 aliphatic rings. The average molecular weight is 403 g/mol. The lowest BCUT2D eigenvalue weighted by atomic mass is 9.90. The number of nitrogens with two attached hydrogens (primary N) is 1. The van der Waals surface area contributed by atoms with Gasteiger partial charge in [-0.1, -0.05) is 26.0 Å². The minimum absolute atomic E-state index is 0. The van der Waals surface area contributed by atoms with Crippen LogP contribution in [0.3, 0.4) is 0 Å². The Bertz CT molecular complexity index is 795. The fourth-order valence-corrected chi connectivity index (χ4v) is 4.21. The first kappa shape index (κ1) is 22.4. The maximum atomic E-state index is 12.5. The number of benzene rings is 1. The van der Waals surface area contributed by atoms with E-state index < -0.39 is 21.6 Å². The molecule has 0 fully saturated rings. The summed E-state index contributed by atoms with van der Waals surface area (Å²) in [6, 6.07) is 5.81. The van der Waals surface area contributed by atoms with Crippen molar-refractivity contribution < 1.29 is 13.2 Å². The number of hydrogen-bond donors (Lipinski definition) is 3. The van der Waals surface area contributed by atoms with Gasteiger partial charge in [0, 0.05) is 17.6 Å². The summed E-state index contributed by atoms with van der Waals surface area (Å²) in [5.41, 5.74) is 5.78. The van der Waals surface area contributed by atoms with Crippen LogP contribution in [0.25, 0.3) is 0 Å². The molecule has 1 heterocycles. The summed E-state index contributed by atoms with van der Waals surface area (Å²) in [6.07, 6.45) is 0.744. The van der Waals surface area contributed by atoms with Crippen LogP contribution < -0.4 is 15.8 Å². The summed E-state index contributed by atoms with van der Waals surface area (Å²) >= 11 is 0. The Balaban J connectivity index is 0.00000338. The van der Waals surface area contributed by atoms with E-state index in [-0.39, 0.29) is 29.0 Å². The molecule has 1 aromatic rings. The van der Waals surface area contributed by atoms with Crippen molar-refractivity contribution in [2.45, 2.75) is 50.6 Å². The van der Waals surface area contributed by atoms with E-state index in [2.05, 4.69) is 28.9 Å². The second kappa shape index (κ2) is 8.37. The zero-order valence-electron chi connectivity index (χ0n) is 15.4. The monoisotopic (exact) mass is 402 g/mol. The standard InChI is InChI=1S/C17H26N4O3S.ClH/c1-11(2)9-17(4,10-18)20-16(22)12(3)19-15-13-7-5-6-8-14(13)25(23,24)21-15;/h5-8,11-12H,9-10,18H2,1-4H3,(H,19,21)(H,20,22);1H. The number of rotatable bonds is 6. The lowest BCUT2D eigenvalue weighted by molar-refractivity contribution is -0.123. The number of carbonyl (C=O) groups excluding carboxylic acids is 1. The van der Waals surface area contributed by atoms with Gasteiger partial charge in [0.15, 0.2) is 0 Å². The van der Waals surface area contributed by atoms with E-state index in [0.29, 0.717) is 18.0 Å². The molecule has 2 atom stereocenters. The first-order valence-electron chi connectivity index (χ1n) is 8.30. The summed E-state index contributed by atoms with van der Waals surface area (Å²) in [4.78, 5) is 17.0. The molecule has 4 N–H and O–H groups in total. The van der Waals surface area contributed by atoms with E-state index >= 15 is 0 Å². The van der Waals surface area contributed by atoms with Crippen molar-refractivity contribution in [2.75, 3.05) is 6.54 Å². The van der Waals surface area contributed by atoms with Crippen molar-refractivity contribution in [1.29, 1.82) is 0 Å². The average Bonchev–Trinajstić information content (AvgIpc) is 2.77. The third kappa shape index (κ3) is 4.96. The molecule has 0 aromatic heterocycles. The highest BCUT2D eigenvalue weighted by Crippen LogP contribution is 2.22. The van der Waals surface area contributed by atoms with E-state index in [4.69, 9.17) is 5.73 Å². The van der Waals surface area contributed by atoms with E-state index in [1.165, 1.54) is 6.07 Å². The molecular weight excluding hydrogens is 376 g/mol. The van der Waals surface area contributed by atoms with Crippen LogP contribution in [0.2, 0.25) is 0 Å². The number of halogens is 1. The fraction of sp³-hybridized carbons (Fsp3) is 0.529. The van der Waals surface area contributed by atoms with Crippen molar-refractivity contribution in [2.24, 2.45) is 16.6 Å². The van der Waals surface area contributed by atoms with Crippen molar-refractivity contribution in [3.8, 4) is 0 Å². The molecule has 1 amide bonds. The smallest absolute Gasteiger partial charge is 0.263 e. The van der Waals surface area contributed by atoms with Gasteiger partial charge >= 0.3 is 0 Å². The summed E-state index contributed by atoms with van der Waals surface area (Å²) in [6.45, 7) is 7.97. The lowest BCUT2D eigenvalue weighted by Crippen LogP contribution is -2.54. The summed E-state index contributed by atoms with van der Waals surface area (Å²) < 4.78 is 26.6. The van der Waals surface area contributed by atoms with Gasteiger partial charge in [0.25, 0.3) is 10.0 Å². The number of carbonyl (C=O) groups is 1. The Labute approximate surface area is 161 Å². The predicted octanol–water partition coefficient (Wildman–Crippen LogP) is 1.42. The van der Waals surface area contributed by atoms with Gasteiger partial charge in [-0.2, -0.15) is 0 Å². The molecule has 0 saturated heterocycles. The Morgan fingerprint density at radius 1 is 1.31 bits per heavy atom. The number of hydrogen-bond acceptors (Lipinski definition) is 5. The van der Waals surface area contributed by atoms with Crippen LogP contribution in [-0.2, 0) is 14.8 Å². The van der Waals surface area contributed by atoms with Crippen molar-refractivity contribution in [1.82, 2.24) is 10.0 Å². The minimum atomic E-state index is -3.61. The summed E-state index contributed by atoms with van der Waals surface area (Å²) in [5.74, 6) is 0.283. The van der Waals surface area contributed by atoms with Crippen LogP contribution >= 0.6 is 12.4 Å². The molecule has 2 rings (SSSR count). The van der Waals surface area contributed by atoms with Crippen LogP contribution in [0.5, 0.6) is 0 Å². The second-order valence-electron chi connectivity index (χ2n) is 7.11. The Kier molecular flexibility index (Phi) is 7.21. The number of amidine groups is 1. The second-order valence-corrected chi connectivity index (χ2v) is 8.76. The molecule has 0 radical (unpaired) electrons. The van der Waals surface area contributed by atoms with Gasteiger partial charge in [-0.3, -0.25) is 14.5 Å². The number of nitrogens with zero attached hydrogens (tertiary/aromatic N) is 1. The van der Waals surface area contributed by atoms with E-state index in [1.54, 1.807) is 25.1 Å². The molecule has 0 bridgehead atoms. The first-order chi connectivity index (χ1) is 11.6. The quantitative estimate of drug-likeness (QED) is 0.667. The van der Waals surface area contributed by atoms with Gasteiger partial charge in [0.05, 0.1) is 4.90 Å². The largest absolute Gasteiger partial charge is 0.348 e. The van der Waals surface area contributed by atoms with Gasteiger partial charge in [0.2, 0.25) is 5.91 Å². The van der Waals surface area contributed by atoms with Gasteiger partial charge in [0.1, 0.15) is 11.9 Å².